The van der Waals surface area contributed by atoms with E-state index in [0.717, 1.165) is 0 Å². The number of carbonyl (C=O) groups is 1. The fraction of sp³-hybridized carbons (Fsp3) is 0.312. The van der Waals surface area contributed by atoms with Crippen molar-refractivity contribution in [2.24, 2.45) is 0 Å². The lowest BCUT2D eigenvalue weighted by atomic mass is 10.0. The summed E-state index contributed by atoms with van der Waals surface area (Å²) in [5, 5.41) is -3.64. The first-order valence-electron chi connectivity index (χ1n) is 7.47. The highest BCUT2D eigenvalue weighted by Gasteiger charge is 2.45. The normalized spacial score (nSPS) is 17.1. The zero-order chi connectivity index (χ0) is 18.9. The lowest BCUT2D eigenvalue weighted by Crippen LogP contribution is -2.34. The van der Waals surface area contributed by atoms with Crippen molar-refractivity contribution in [1.29, 1.82) is 0 Å². The molecular weight excluding hydrogens is 374 g/mol. The third-order valence-electron chi connectivity index (χ3n) is 3.68. The Morgan fingerprint density at radius 3 is 2.54 bits per heavy atom. The maximum atomic E-state index is 13.2. The quantitative estimate of drug-likeness (QED) is 0.441. The van der Waals surface area contributed by atoms with E-state index in [1.165, 1.54) is 12.1 Å². The van der Waals surface area contributed by atoms with Crippen molar-refractivity contribution < 1.29 is 40.8 Å². The van der Waals surface area contributed by atoms with E-state index in [1.807, 2.05) is 0 Å². The lowest BCUT2D eigenvalue weighted by Gasteiger charge is -2.14. The van der Waals surface area contributed by atoms with Gasteiger partial charge in [-0.2, -0.15) is 17.2 Å². The molecule has 140 valence electrons. The molecule has 3 rings (SSSR count). The topological polar surface area (TPSA) is 102 Å². The molecule has 0 bridgehead atoms. The zero-order valence-corrected chi connectivity index (χ0v) is 14.0. The van der Waals surface area contributed by atoms with E-state index in [9.17, 15) is 22.0 Å². The molecule has 10 heteroatoms. The van der Waals surface area contributed by atoms with Gasteiger partial charge < -0.3 is 14.2 Å². The van der Waals surface area contributed by atoms with Gasteiger partial charge in [-0.1, -0.05) is 24.3 Å². The van der Waals surface area contributed by atoms with Crippen LogP contribution in [0.2, 0.25) is 0 Å². The Labute approximate surface area is 147 Å². The average Bonchev–Trinajstić information content (AvgIpc) is 3.40. The van der Waals surface area contributed by atoms with Gasteiger partial charge in [-0.05, 0) is 17.5 Å². The smallest absolute Gasteiger partial charge is 0.402 e. The SMILES string of the molecule is O=C(OCC(F)(F)S(=O)(=O)O)c1cccc2c(OCC3CO3)cccc12. The van der Waals surface area contributed by atoms with Crippen LogP contribution in [0.5, 0.6) is 5.75 Å². The maximum Gasteiger partial charge on any atom is 0.402 e. The molecule has 2 aromatic carbocycles. The highest BCUT2D eigenvalue weighted by molar-refractivity contribution is 7.86. The second kappa shape index (κ2) is 6.78. The van der Waals surface area contributed by atoms with Gasteiger partial charge in [-0.15, -0.1) is 0 Å². The van der Waals surface area contributed by atoms with E-state index in [2.05, 4.69) is 4.74 Å². The maximum absolute atomic E-state index is 13.2. The minimum Gasteiger partial charge on any atom is -0.490 e. The van der Waals surface area contributed by atoms with Crippen molar-refractivity contribution in [1.82, 2.24) is 0 Å². The highest BCUT2D eigenvalue weighted by atomic mass is 32.2. The van der Waals surface area contributed by atoms with Crippen molar-refractivity contribution in [2.75, 3.05) is 19.8 Å². The van der Waals surface area contributed by atoms with Gasteiger partial charge in [0.1, 0.15) is 18.5 Å². The molecule has 0 aliphatic carbocycles. The molecule has 1 aliphatic rings. The van der Waals surface area contributed by atoms with Crippen molar-refractivity contribution >= 4 is 26.9 Å². The van der Waals surface area contributed by atoms with Crippen LogP contribution in [0.1, 0.15) is 10.4 Å². The number of hydrogen-bond acceptors (Lipinski definition) is 6. The first-order chi connectivity index (χ1) is 12.2. The molecule has 0 amide bonds. The van der Waals surface area contributed by atoms with Gasteiger partial charge in [0, 0.05) is 5.39 Å². The lowest BCUT2D eigenvalue weighted by molar-refractivity contribution is -0.00937. The van der Waals surface area contributed by atoms with Crippen LogP contribution in [0.25, 0.3) is 10.8 Å². The van der Waals surface area contributed by atoms with E-state index in [4.69, 9.17) is 14.0 Å². The molecule has 1 N–H and O–H groups in total. The molecule has 2 aromatic rings. The molecule has 7 nitrogen and oxygen atoms in total. The molecule has 0 spiro atoms. The Morgan fingerprint density at radius 1 is 1.23 bits per heavy atom. The number of rotatable bonds is 7. The molecule has 1 atom stereocenters. The van der Waals surface area contributed by atoms with Gasteiger partial charge in [0.15, 0.2) is 6.61 Å². The molecule has 0 saturated carbocycles. The van der Waals surface area contributed by atoms with Crippen LogP contribution < -0.4 is 4.74 Å². The molecule has 1 aliphatic heterocycles. The summed E-state index contributed by atoms with van der Waals surface area (Å²) in [5.41, 5.74) is -0.0400. The number of esters is 1. The Morgan fingerprint density at radius 2 is 1.88 bits per heavy atom. The fourth-order valence-corrected chi connectivity index (χ4v) is 2.44. The molecular formula is C16H14F2O7S. The third-order valence-corrected chi connectivity index (χ3v) is 4.55. The van der Waals surface area contributed by atoms with Crippen molar-refractivity contribution in [3.63, 3.8) is 0 Å². The van der Waals surface area contributed by atoms with Crippen LogP contribution in [-0.2, 0) is 19.6 Å². The second-order valence-electron chi connectivity index (χ2n) is 5.61. The Kier molecular flexibility index (Phi) is 4.82. The van der Waals surface area contributed by atoms with Gasteiger partial charge in [0.2, 0.25) is 0 Å². The number of epoxide rings is 1. The summed E-state index contributed by atoms with van der Waals surface area (Å²) < 4.78 is 71.1. The number of alkyl halides is 2. The summed E-state index contributed by atoms with van der Waals surface area (Å²) in [5.74, 6) is -0.669. The summed E-state index contributed by atoms with van der Waals surface area (Å²) in [6.07, 6.45) is 0.0288. The number of ether oxygens (including phenoxy) is 3. The number of carbonyl (C=O) groups excluding carboxylic acids is 1. The summed E-state index contributed by atoms with van der Waals surface area (Å²) in [6, 6.07) is 9.43. The third kappa shape index (κ3) is 3.92. The van der Waals surface area contributed by atoms with E-state index >= 15 is 0 Å². The Hall–Kier alpha value is -2.30. The highest BCUT2D eigenvalue weighted by Crippen LogP contribution is 2.30. The van der Waals surface area contributed by atoms with E-state index in [1.54, 1.807) is 24.3 Å². The van der Waals surface area contributed by atoms with Crippen molar-refractivity contribution in [3.8, 4) is 5.75 Å². The summed E-state index contributed by atoms with van der Waals surface area (Å²) >= 11 is 0. The van der Waals surface area contributed by atoms with E-state index in [0.29, 0.717) is 29.7 Å². The predicted molar refractivity (Wildman–Crippen MR) is 86.0 cm³/mol. The molecule has 0 aromatic heterocycles. The summed E-state index contributed by atoms with van der Waals surface area (Å²) in [6.45, 7) is -0.838. The molecule has 1 fully saturated rings. The first-order valence-corrected chi connectivity index (χ1v) is 8.91. The number of fused-ring (bicyclic) bond motifs is 1. The van der Waals surface area contributed by atoms with Crippen LogP contribution in [0.15, 0.2) is 36.4 Å². The minimum absolute atomic E-state index is 0.0288. The average molecular weight is 388 g/mol. The predicted octanol–water partition coefficient (Wildman–Crippen LogP) is 2.25. The van der Waals surface area contributed by atoms with Crippen molar-refractivity contribution in [2.45, 2.75) is 11.4 Å². The zero-order valence-electron chi connectivity index (χ0n) is 13.2. The second-order valence-corrected chi connectivity index (χ2v) is 7.16. The van der Waals surface area contributed by atoms with E-state index in [-0.39, 0.29) is 11.7 Å². The van der Waals surface area contributed by atoms with Gasteiger partial charge in [0.25, 0.3) is 0 Å². The van der Waals surface area contributed by atoms with E-state index < -0.39 is 27.9 Å². The molecule has 1 saturated heterocycles. The standard InChI is InChI=1S/C16H14F2O7S/c17-16(18,26(20,21)22)9-25-15(19)13-5-1-4-12-11(13)3-2-6-14(12)24-8-10-7-23-10/h1-6,10H,7-9H2,(H,20,21,22). The fourth-order valence-electron chi connectivity index (χ4n) is 2.23. The van der Waals surface area contributed by atoms with Crippen molar-refractivity contribution in [3.05, 3.63) is 42.0 Å². The molecule has 1 unspecified atom stereocenters. The monoisotopic (exact) mass is 388 g/mol. The summed E-state index contributed by atoms with van der Waals surface area (Å²) in [7, 11) is -5.68. The van der Waals surface area contributed by atoms with Crippen LogP contribution in [-0.4, -0.2) is 50.1 Å². The van der Waals surface area contributed by atoms with Crippen LogP contribution >= 0.6 is 0 Å². The Balaban J connectivity index is 1.83. The number of halogens is 2. The summed E-state index contributed by atoms with van der Waals surface area (Å²) in [4.78, 5) is 12.1. The first kappa shape index (κ1) is 18.5. The van der Waals surface area contributed by atoms with Gasteiger partial charge in [-0.25, -0.2) is 4.79 Å². The molecule has 26 heavy (non-hydrogen) atoms. The van der Waals surface area contributed by atoms with Gasteiger partial charge >= 0.3 is 21.3 Å². The van der Waals surface area contributed by atoms with Crippen LogP contribution in [0.4, 0.5) is 8.78 Å². The molecule has 1 heterocycles. The largest absolute Gasteiger partial charge is 0.490 e. The molecule has 0 radical (unpaired) electrons. The van der Waals surface area contributed by atoms with Gasteiger partial charge in [0.05, 0.1) is 12.2 Å². The van der Waals surface area contributed by atoms with Crippen LogP contribution in [0.3, 0.4) is 0 Å². The van der Waals surface area contributed by atoms with Gasteiger partial charge in [-0.3, -0.25) is 4.55 Å². The minimum atomic E-state index is -5.68. The number of hydrogen-bond donors (Lipinski definition) is 1. The van der Waals surface area contributed by atoms with Crippen LogP contribution in [0, 0.1) is 0 Å². The number of benzene rings is 2. The Bertz CT molecular complexity index is 939.